The Hall–Kier alpha value is -0.870. The van der Waals surface area contributed by atoms with Crippen molar-refractivity contribution in [2.45, 2.75) is 32.2 Å². The number of halogens is 1. The first kappa shape index (κ1) is 12.2. The van der Waals surface area contributed by atoms with Crippen LogP contribution in [0.2, 0.25) is 5.15 Å². The maximum Gasteiger partial charge on any atom is 0.137 e. The summed E-state index contributed by atoms with van der Waals surface area (Å²) in [4.78, 5) is 13.4. The molecule has 1 unspecified atom stereocenters. The minimum Gasteiger partial charge on any atom is -0.355 e. The van der Waals surface area contributed by atoms with Gasteiger partial charge in [-0.1, -0.05) is 11.6 Å². The second-order valence-electron chi connectivity index (χ2n) is 5.24. The molecule has 0 saturated carbocycles. The van der Waals surface area contributed by atoms with Crippen molar-refractivity contribution in [2.24, 2.45) is 0 Å². The zero-order valence-electron chi connectivity index (χ0n) is 10.8. The van der Waals surface area contributed by atoms with Crippen molar-refractivity contribution >= 4 is 17.4 Å². The van der Waals surface area contributed by atoms with Gasteiger partial charge in [-0.05, 0) is 39.3 Å². The van der Waals surface area contributed by atoms with Gasteiger partial charge < -0.3 is 4.90 Å². The minimum absolute atomic E-state index is 0.574. The van der Waals surface area contributed by atoms with Gasteiger partial charge in [-0.15, -0.1) is 0 Å². The zero-order chi connectivity index (χ0) is 12.5. The molecule has 2 saturated heterocycles. The largest absolute Gasteiger partial charge is 0.355 e. The number of anilines is 1. The van der Waals surface area contributed by atoms with Crippen LogP contribution in [0.15, 0.2) is 6.33 Å². The molecule has 0 amide bonds. The normalized spacial score (nSPS) is 25.0. The van der Waals surface area contributed by atoms with Crippen LogP contribution in [0.1, 0.15) is 24.8 Å². The van der Waals surface area contributed by atoms with E-state index in [0.29, 0.717) is 11.2 Å². The summed E-state index contributed by atoms with van der Waals surface area (Å²) in [6.07, 6.45) is 5.51. The lowest BCUT2D eigenvalue weighted by Gasteiger charge is -2.24. The second-order valence-corrected chi connectivity index (χ2v) is 5.60. The molecule has 3 heterocycles. The van der Waals surface area contributed by atoms with E-state index in [4.69, 9.17) is 11.6 Å². The average Bonchev–Trinajstić information content (AvgIpc) is 3.01. The fraction of sp³-hybridized carbons (Fsp3) is 0.692. The number of hydrogen-bond acceptors (Lipinski definition) is 4. The van der Waals surface area contributed by atoms with Crippen LogP contribution in [0.25, 0.3) is 0 Å². The van der Waals surface area contributed by atoms with Crippen LogP contribution in [-0.4, -0.2) is 47.1 Å². The quantitative estimate of drug-likeness (QED) is 0.768. The highest BCUT2D eigenvalue weighted by Gasteiger charge is 2.30. The monoisotopic (exact) mass is 266 g/mol. The van der Waals surface area contributed by atoms with Gasteiger partial charge in [-0.25, -0.2) is 9.97 Å². The molecule has 4 nitrogen and oxygen atoms in total. The Kier molecular flexibility index (Phi) is 3.39. The van der Waals surface area contributed by atoms with E-state index >= 15 is 0 Å². The Balaban J connectivity index is 1.73. The number of aromatic nitrogens is 2. The van der Waals surface area contributed by atoms with Gasteiger partial charge in [-0.2, -0.15) is 0 Å². The molecule has 1 aromatic rings. The van der Waals surface area contributed by atoms with Gasteiger partial charge in [0.2, 0.25) is 0 Å². The first-order chi connectivity index (χ1) is 8.75. The first-order valence-corrected chi connectivity index (χ1v) is 7.09. The molecule has 1 aromatic heterocycles. The van der Waals surface area contributed by atoms with Gasteiger partial charge in [0.15, 0.2) is 0 Å². The number of likely N-dealkylation sites (tertiary alicyclic amines) is 1. The van der Waals surface area contributed by atoms with Crippen LogP contribution in [0.4, 0.5) is 5.82 Å². The van der Waals surface area contributed by atoms with Crippen molar-refractivity contribution in [3.05, 3.63) is 17.0 Å². The number of nitrogens with zero attached hydrogens (tertiary/aromatic N) is 4. The molecular weight excluding hydrogens is 248 g/mol. The van der Waals surface area contributed by atoms with Crippen LogP contribution in [-0.2, 0) is 0 Å². The third-order valence-corrected chi connectivity index (χ3v) is 4.50. The van der Waals surface area contributed by atoms with E-state index in [1.807, 2.05) is 6.92 Å². The minimum atomic E-state index is 0.574. The maximum atomic E-state index is 6.07. The molecule has 0 spiro atoms. The van der Waals surface area contributed by atoms with Crippen LogP contribution >= 0.6 is 11.6 Å². The zero-order valence-corrected chi connectivity index (χ0v) is 11.5. The predicted molar refractivity (Wildman–Crippen MR) is 73.2 cm³/mol. The van der Waals surface area contributed by atoms with Crippen molar-refractivity contribution in [1.82, 2.24) is 14.9 Å². The Morgan fingerprint density at radius 1 is 1.22 bits per heavy atom. The van der Waals surface area contributed by atoms with Gasteiger partial charge in [-0.3, -0.25) is 4.90 Å². The SMILES string of the molecule is Cc1c(Cl)ncnc1N1CCC(N2CCCC2)C1. The summed E-state index contributed by atoms with van der Waals surface area (Å²) in [5.74, 6) is 1.01. The Morgan fingerprint density at radius 3 is 2.78 bits per heavy atom. The molecule has 2 fully saturated rings. The lowest BCUT2D eigenvalue weighted by atomic mass is 10.2. The predicted octanol–water partition coefficient (Wildman–Crippen LogP) is 2.11. The standard InChI is InChI=1S/C13H19ClN4/c1-10-12(14)15-9-16-13(10)18-7-4-11(8-18)17-5-2-3-6-17/h9,11H,2-8H2,1H3. The van der Waals surface area contributed by atoms with Gasteiger partial charge in [0, 0.05) is 24.7 Å². The summed E-state index contributed by atoms with van der Waals surface area (Å²) in [6.45, 7) is 6.69. The fourth-order valence-corrected chi connectivity index (χ4v) is 3.21. The summed E-state index contributed by atoms with van der Waals surface area (Å²) in [6, 6.07) is 0.695. The van der Waals surface area contributed by atoms with Gasteiger partial charge in [0.05, 0.1) is 0 Å². The molecular formula is C13H19ClN4. The van der Waals surface area contributed by atoms with Crippen LogP contribution in [0, 0.1) is 6.92 Å². The molecule has 0 aliphatic carbocycles. The molecule has 1 atom stereocenters. The highest BCUT2D eigenvalue weighted by atomic mass is 35.5. The summed E-state index contributed by atoms with van der Waals surface area (Å²) < 4.78 is 0. The maximum absolute atomic E-state index is 6.07. The molecule has 0 aromatic carbocycles. The first-order valence-electron chi connectivity index (χ1n) is 6.72. The Morgan fingerprint density at radius 2 is 2.00 bits per heavy atom. The molecule has 0 bridgehead atoms. The van der Waals surface area contributed by atoms with E-state index in [-0.39, 0.29) is 0 Å². The number of hydrogen-bond donors (Lipinski definition) is 0. The lowest BCUT2D eigenvalue weighted by molar-refractivity contribution is 0.260. The van der Waals surface area contributed by atoms with Crippen LogP contribution in [0.3, 0.4) is 0 Å². The fourth-order valence-electron chi connectivity index (χ4n) is 3.08. The molecule has 5 heteroatoms. The van der Waals surface area contributed by atoms with Crippen molar-refractivity contribution in [2.75, 3.05) is 31.1 Å². The Bertz CT molecular complexity index is 431. The van der Waals surface area contributed by atoms with E-state index in [1.54, 1.807) is 6.33 Å². The molecule has 98 valence electrons. The van der Waals surface area contributed by atoms with Crippen molar-refractivity contribution < 1.29 is 0 Å². The highest BCUT2D eigenvalue weighted by molar-refractivity contribution is 6.30. The topological polar surface area (TPSA) is 32.3 Å². The Labute approximate surface area is 113 Å². The van der Waals surface area contributed by atoms with Gasteiger partial charge in [0.1, 0.15) is 17.3 Å². The van der Waals surface area contributed by atoms with Gasteiger partial charge in [0.25, 0.3) is 0 Å². The molecule has 2 aliphatic heterocycles. The number of rotatable bonds is 2. The summed E-state index contributed by atoms with van der Waals surface area (Å²) in [7, 11) is 0. The second kappa shape index (κ2) is 5.02. The van der Waals surface area contributed by atoms with Crippen LogP contribution in [0.5, 0.6) is 0 Å². The molecule has 2 aliphatic rings. The van der Waals surface area contributed by atoms with E-state index < -0.39 is 0 Å². The smallest absolute Gasteiger partial charge is 0.137 e. The summed E-state index contributed by atoms with van der Waals surface area (Å²) >= 11 is 6.07. The summed E-state index contributed by atoms with van der Waals surface area (Å²) in [5, 5.41) is 0.574. The molecule has 18 heavy (non-hydrogen) atoms. The van der Waals surface area contributed by atoms with Crippen molar-refractivity contribution in [3.63, 3.8) is 0 Å². The van der Waals surface area contributed by atoms with Gasteiger partial charge >= 0.3 is 0 Å². The van der Waals surface area contributed by atoms with E-state index in [9.17, 15) is 0 Å². The van der Waals surface area contributed by atoms with Crippen molar-refractivity contribution in [1.29, 1.82) is 0 Å². The summed E-state index contributed by atoms with van der Waals surface area (Å²) in [5.41, 5.74) is 1.00. The lowest BCUT2D eigenvalue weighted by Crippen LogP contribution is -2.35. The molecule has 0 N–H and O–H groups in total. The van der Waals surface area contributed by atoms with E-state index in [0.717, 1.165) is 24.5 Å². The van der Waals surface area contributed by atoms with Crippen molar-refractivity contribution in [3.8, 4) is 0 Å². The highest BCUT2D eigenvalue weighted by Crippen LogP contribution is 2.28. The molecule has 3 rings (SSSR count). The average molecular weight is 267 g/mol. The van der Waals surface area contributed by atoms with Crippen LogP contribution < -0.4 is 4.90 Å². The van der Waals surface area contributed by atoms with E-state index in [1.165, 1.54) is 32.4 Å². The van der Waals surface area contributed by atoms with E-state index in [2.05, 4.69) is 19.8 Å². The molecule has 0 radical (unpaired) electrons. The third-order valence-electron chi connectivity index (χ3n) is 4.12. The third kappa shape index (κ3) is 2.19.